The summed E-state index contributed by atoms with van der Waals surface area (Å²) in [6.45, 7) is 2.17. The summed E-state index contributed by atoms with van der Waals surface area (Å²) in [5, 5.41) is 1.90. The molecule has 0 atom stereocenters. The average molecular weight is 415 g/mol. The molecule has 1 fully saturated rings. The van der Waals surface area contributed by atoms with Gasteiger partial charge in [0.15, 0.2) is 0 Å². The molecule has 152 valence electrons. The van der Waals surface area contributed by atoms with Gasteiger partial charge in [-0.1, -0.05) is 12.1 Å². The van der Waals surface area contributed by atoms with E-state index in [2.05, 4.69) is 4.90 Å². The molecule has 1 aliphatic heterocycles. The number of carbonyl (C=O) groups is 1. The summed E-state index contributed by atoms with van der Waals surface area (Å²) < 4.78 is 49.8. The predicted octanol–water partition coefficient (Wildman–Crippen LogP) is 3.35. The van der Waals surface area contributed by atoms with Crippen molar-refractivity contribution in [3.8, 4) is 10.4 Å². The second-order valence-corrected chi connectivity index (χ2v) is 7.89. The second kappa shape index (κ2) is 9.02. The van der Waals surface area contributed by atoms with Gasteiger partial charge < -0.3 is 5.32 Å². The Kier molecular flexibility index (Phi) is 6.69. The van der Waals surface area contributed by atoms with E-state index in [0.29, 0.717) is 13.1 Å². The van der Waals surface area contributed by atoms with Crippen molar-refractivity contribution >= 4 is 17.2 Å². The summed E-state index contributed by atoms with van der Waals surface area (Å²) in [5.74, 6) is -0.869. The summed E-state index contributed by atoms with van der Waals surface area (Å²) in [5.41, 5.74) is 0.853. The van der Waals surface area contributed by atoms with Crippen LogP contribution in [0.1, 0.15) is 4.88 Å². The minimum atomic E-state index is -4.39. The van der Waals surface area contributed by atoms with E-state index in [9.17, 15) is 22.4 Å². The summed E-state index contributed by atoms with van der Waals surface area (Å²) in [6, 6.07) is 10.5. The molecule has 3 rings (SSSR count). The van der Waals surface area contributed by atoms with E-state index in [1.807, 2.05) is 28.4 Å². The minimum Gasteiger partial charge on any atom is -0.346 e. The van der Waals surface area contributed by atoms with Crippen LogP contribution in [0.3, 0.4) is 0 Å². The first-order valence-corrected chi connectivity index (χ1v) is 9.73. The zero-order valence-corrected chi connectivity index (χ0v) is 16.0. The number of halogens is 4. The number of hydrogen-bond acceptors (Lipinski definition) is 4. The highest BCUT2D eigenvalue weighted by Gasteiger charge is 2.28. The van der Waals surface area contributed by atoms with E-state index in [4.69, 9.17) is 0 Å². The summed E-state index contributed by atoms with van der Waals surface area (Å²) in [7, 11) is 0. The van der Waals surface area contributed by atoms with Gasteiger partial charge in [-0.2, -0.15) is 13.2 Å². The Morgan fingerprint density at radius 3 is 2.46 bits per heavy atom. The Bertz CT molecular complexity index is 800. The molecule has 0 unspecified atom stereocenters. The Hall–Kier alpha value is -1.97. The SMILES string of the molecule is O=C(CN1CCN(Cc2ccc(-c3cccc(F)c3)s2)CC1)NCC(F)(F)F. The number of piperazine rings is 1. The lowest BCUT2D eigenvalue weighted by atomic mass is 10.2. The lowest BCUT2D eigenvalue weighted by Crippen LogP contribution is -2.49. The lowest BCUT2D eigenvalue weighted by Gasteiger charge is -2.34. The molecule has 1 aromatic carbocycles. The molecular formula is C19H21F4N3OS. The summed E-state index contributed by atoms with van der Waals surface area (Å²) in [4.78, 5) is 17.9. The number of alkyl halides is 3. The highest BCUT2D eigenvalue weighted by molar-refractivity contribution is 7.15. The van der Waals surface area contributed by atoms with Crippen molar-refractivity contribution in [1.82, 2.24) is 15.1 Å². The molecule has 1 aromatic heterocycles. The van der Waals surface area contributed by atoms with E-state index < -0.39 is 18.6 Å². The Labute approximate surface area is 164 Å². The average Bonchev–Trinajstić information content (AvgIpc) is 3.10. The zero-order chi connectivity index (χ0) is 20.1. The van der Waals surface area contributed by atoms with Crippen LogP contribution in [0, 0.1) is 5.82 Å². The number of amides is 1. The summed E-state index contributed by atoms with van der Waals surface area (Å²) >= 11 is 1.62. The van der Waals surface area contributed by atoms with Crippen molar-refractivity contribution in [3.05, 3.63) is 47.1 Å². The molecule has 1 N–H and O–H groups in total. The third-order valence-electron chi connectivity index (χ3n) is 4.47. The van der Waals surface area contributed by atoms with Crippen molar-refractivity contribution in [1.29, 1.82) is 0 Å². The fourth-order valence-electron chi connectivity index (χ4n) is 3.04. The van der Waals surface area contributed by atoms with Crippen molar-refractivity contribution in [2.45, 2.75) is 12.7 Å². The van der Waals surface area contributed by atoms with Crippen molar-refractivity contribution in [2.24, 2.45) is 0 Å². The second-order valence-electron chi connectivity index (χ2n) is 6.72. The van der Waals surface area contributed by atoms with Crippen LogP contribution in [0.2, 0.25) is 0 Å². The smallest absolute Gasteiger partial charge is 0.346 e. The highest BCUT2D eigenvalue weighted by Crippen LogP contribution is 2.29. The molecule has 0 bridgehead atoms. The van der Waals surface area contributed by atoms with Gasteiger partial charge in [0.2, 0.25) is 5.91 Å². The maximum Gasteiger partial charge on any atom is 0.405 e. The summed E-state index contributed by atoms with van der Waals surface area (Å²) in [6.07, 6.45) is -4.39. The molecule has 0 saturated carbocycles. The molecule has 1 saturated heterocycles. The largest absolute Gasteiger partial charge is 0.405 e. The normalized spacial score (nSPS) is 16.3. The standard InChI is InChI=1S/C19H21F4N3OS/c20-15-3-1-2-14(10-15)17-5-4-16(28-17)11-25-6-8-26(9-7-25)12-18(27)24-13-19(21,22)23/h1-5,10H,6-9,11-13H2,(H,24,27). The van der Waals surface area contributed by atoms with Gasteiger partial charge in [-0.05, 0) is 29.8 Å². The minimum absolute atomic E-state index is 0.0212. The van der Waals surface area contributed by atoms with Crippen molar-refractivity contribution < 1.29 is 22.4 Å². The highest BCUT2D eigenvalue weighted by atomic mass is 32.1. The molecule has 0 radical (unpaired) electrons. The molecule has 1 aliphatic rings. The Morgan fingerprint density at radius 2 is 1.79 bits per heavy atom. The van der Waals surface area contributed by atoms with Crippen LogP contribution in [0.25, 0.3) is 10.4 Å². The molecule has 2 heterocycles. The van der Waals surface area contributed by atoms with Crippen molar-refractivity contribution in [3.63, 3.8) is 0 Å². The number of hydrogen-bond donors (Lipinski definition) is 1. The van der Waals surface area contributed by atoms with Crippen LogP contribution in [-0.4, -0.2) is 61.2 Å². The molecular weight excluding hydrogens is 394 g/mol. The fraction of sp³-hybridized carbons (Fsp3) is 0.421. The fourth-order valence-corrected chi connectivity index (χ4v) is 4.09. The Balaban J connectivity index is 1.44. The molecule has 4 nitrogen and oxygen atoms in total. The van der Waals surface area contributed by atoms with E-state index in [0.717, 1.165) is 35.0 Å². The number of rotatable bonds is 6. The lowest BCUT2D eigenvalue weighted by molar-refractivity contribution is -0.139. The van der Waals surface area contributed by atoms with Crippen LogP contribution >= 0.6 is 11.3 Å². The first kappa shape index (κ1) is 20.8. The van der Waals surface area contributed by atoms with E-state index in [1.165, 1.54) is 12.1 Å². The monoisotopic (exact) mass is 415 g/mol. The quantitative estimate of drug-likeness (QED) is 0.735. The van der Waals surface area contributed by atoms with E-state index in [-0.39, 0.29) is 12.4 Å². The number of nitrogens with one attached hydrogen (secondary N) is 1. The molecule has 1 amide bonds. The van der Waals surface area contributed by atoms with Gasteiger partial charge in [-0.15, -0.1) is 11.3 Å². The van der Waals surface area contributed by atoms with Gasteiger partial charge in [0.25, 0.3) is 0 Å². The number of thiophene rings is 1. The molecule has 28 heavy (non-hydrogen) atoms. The molecule has 2 aromatic rings. The van der Waals surface area contributed by atoms with Crippen LogP contribution in [0.4, 0.5) is 17.6 Å². The molecule has 0 aliphatic carbocycles. The third kappa shape index (κ3) is 6.29. The maximum atomic E-state index is 13.4. The topological polar surface area (TPSA) is 35.6 Å². The first-order valence-electron chi connectivity index (χ1n) is 8.91. The zero-order valence-electron chi connectivity index (χ0n) is 15.1. The number of benzene rings is 1. The van der Waals surface area contributed by atoms with Crippen LogP contribution in [0.15, 0.2) is 36.4 Å². The van der Waals surface area contributed by atoms with E-state index in [1.54, 1.807) is 17.4 Å². The molecule has 0 spiro atoms. The predicted molar refractivity (Wildman–Crippen MR) is 100 cm³/mol. The van der Waals surface area contributed by atoms with Gasteiger partial charge in [-0.25, -0.2) is 4.39 Å². The van der Waals surface area contributed by atoms with Crippen LogP contribution in [0.5, 0.6) is 0 Å². The maximum absolute atomic E-state index is 13.4. The number of carbonyl (C=O) groups excluding carboxylic acids is 1. The van der Waals surface area contributed by atoms with Gasteiger partial charge in [0, 0.05) is 42.5 Å². The third-order valence-corrected chi connectivity index (χ3v) is 5.59. The van der Waals surface area contributed by atoms with Crippen LogP contribution < -0.4 is 5.32 Å². The Morgan fingerprint density at radius 1 is 1.07 bits per heavy atom. The number of nitrogens with zero attached hydrogens (tertiary/aromatic N) is 2. The first-order chi connectivity index (χ1) is 13.3. The van der Waals surface area contributed by atoms with Gasteiger partial charge >= 0.3 is 6.18 Å². The molecule has 9 heteroatoms. The van der Waals surface area contributed by atoms with Crippen molar-refractivity contribution in [2.75, 3.05) is 39.3 Å². The van der Waals surface area contributed by atoms with Gasteiger partial charge in [0.1, 0.15) is 12.4 Å². The van der Waals surface area contributed by atoms with Crippen LogP contribution in [-0.2, 0) is 11.3 Å². The van der Waals surface area contributed by atoms with Gasteiger partial charge in [0.05, 0.1) is 6.54 Å². The van der Waals surface area contributed by atoms with Gasteiger partial charge in [-0.3, -0.25) is 14.6 Å². The van der Waals surface area contributed by atoms with E-state index >= 15 is 0 Å².